The number of esters is 1. The molecule has 0 saturated heterocycles. The summed E-state index contributed by atoms with van der Waals surface area (Å²) in [6.45, 7) is 0.254. The topological polar surface area (TPSA) is 39.2 Å². The van der Waals surface area contributed by atoms with E-state index >= 15 is 0 Å². The van der Waals surface area contributed by atoms with E-state index in [-0.39, 0.29) is 6.61 Å². The number of carbonyl (C=O) groups excluding carboxylic acids is 1. The van der Waals surface area contributed by atoms with Gasteiger partial charge in [-0.05, 0) is 11.5 Å². The van der Waals surface area contributed by atoms with Crippen molar-refractivity contribution in [2.24, 2.45) is 0 Å². The molecule has 0 radical (unpaired) electrons. The number of aromatic nitrogens is 1. The van der Waals surface area contributed by atoms with Gasteiger partial charge >= 0.3 is 5.97 Å². The SMILES string of the molecule is C#CC(=O)OCCc1nccc2ccccc12. The molecule has 0 aliphatic heterocycles. The van der Waals surface area contributed by atoms with Crippen molar-refractivity contribution in [1.29, 1.82) is 0 Å². The highest BCUT2D eigenvalue weighted by Crippen LogP contribution is 2.16. The van der Waals surface area contributed by atoms with Crippen LogP contribution in [-0.4, -0.2) is 17.6 Å². The monoisotopic (exact) mass is 225 g/mol. The van der Waals surface area contributed by atoms with E-state index in [0.717, 1.165) is 16.5 Å². The summed E-state index contributed by atoms with van der Waals surface area (Å²) in [5, 5.41) is 2.20. The molecule has 1 aromatic heterocycles. The predicted octanol–water partition coefficient (Wildman–Crippen LogP) is 1.95. The van der Waals surface area contributed by atoms with Gasteiger partial charge in [0, 0.05) is 23.9 Å². The highest BCUT2D eigenvalue weighted by atomic mass is 16.5. The molecule has 1 aromatic carbocycles. The molecule has 0 atom stereocenters. The van der Waals surface area contributed by atoms with Gasteiger partial charge in [-0.1, -0.05) is 24.3 Å². The van der Waals surface area contributed by atoms with Gasteiger partial charge < -0.3 is 4.74 Å². The summed E-state index contributed by atoms with van der Waals surface area (Å²) in [6.07, 6.45) is 7.22. The summed E-state index contributed by atoms with van der Waals surface area (Å²) in [4.78, 5) is 15.1. The molecule has 84 valence electrons. The van der Waals surface area contributed by atoms with Gasteiger partial charge in [-0.2, -0.15) is 0 Å². The number of benzene rings is 1. The second-order valence-corrected chi connectivity index (χ2v) is 3.51. The Morgan fingerprint density at radius 2 is 2.18 bits per heavy atom. The van der Waals surface area contributed by atoms with Crippen molar-refractivity contribution < 1.29 is 9.53 Å². The Bertz CT molecular complexity index is 579. The smallest absolute Gasteiger partial charge is 0.384 e. The van der Waals surface area contributed by atoms with Crippen LogP contribution in [0.5, 0.6) is 0 Å². The first-order chi connectivity index (χ1) is 8.31. The van der Waals surface area contributed by atoms with E-state index in [0.29, 0.717) is 6.42 Å². The Kier molecular flexibility index (Phi) is 3.37. The van der Waals surface area contributed by atoms with Crippen LogP contribution in [-0.2, 0) is 16.0 Å². The molecule has 0 saturated carbocycles. The highest BCUT2D eigenvalue weighted by Gasteiger charge is 2.03. The number of nitrogens with zero attached hydrogens (tertiary/aromatic N) is 1. The third kappa shape index (κ3) is 2.61. The number of hydrogen-bond acceptors (Lipinski definition) is 3. The number of carbonyl (C=O) groups is 1. The van der Waals surface area contributed by atoms with Gasteiger partial charge in [0.1, 0.15) is 0 Å². The lowest BCUT2D eigenvalue weighted by molar-refractivity contribution is -0.136. The van der Waals surface area contributed by atoms with Crippen LogP contribution < -0.4 is 0 Å². The second kappa shape index (κ2) is 5.13. The molecule has 3 nitrogen and oxygen atoms in total. The maximum atomic E-state index is 10.8. The highest BCUT2D eigenvalue weighted by molar-refractivity contribution is 5.87. The number of ether oxygens (including phenoxy) is 1. The number of hydrogen-bond donors (Lipinski definition) is 0. The van der Waals surface area contributed by atoms with Crippen LogP contribution in [0.4, 0.5) is 0 Å². The number of fused-ring (bicyclic) bond motifs is 1. The van der Waals surface area contributed by atoms with Crippen molar-refractivity contribution >= 4 is 16.7 Å². The van der Waals surface area contributed by atoms with Crippen molar-refractivity contribution in [1.82, 2.24) is 4.98 Å². The standard InChI is InChI=1S/C14H11NO2/c1-2-14(16)17-10-8-13-12-6-4-3-5-11(12)7-9-15-13/h1,3-7,9H,8,10H2. The number of terminal acetylenes is 1. The van der Waals surface area contributed by atoms with E-state index in [1.54, 1.807) is 6.20 Å². The van der Waals surface area contributed by atoms with Crippen LogP contribution in [0.2, 0.25) is 0 Å². The van der Waals surface area contributed by atoms with Crippen LogP contribution in [0, 0.1) is 12.3 Å². The molecular formula is C14H11NO2. The molecule has 3 heteroatoms. The zero-order chi connectivity index (χ0) is 12.1. The van der Waals surface area contributed by atoms with Gasteiger partial charge in [-0.25, -0.2) is 4.79 Å². The second-order valence-electron chi connectivity index (χ2n) is 3.51. The average molecular weight is 225 g/mol. The minimum absolute atomic E-state index is 0.254. The van der Waals surface area contributed by atoms with Crippen LogP contribution in [0.1, 0.15) is 5.69 Å². The first-order valence-electron chi connectivity index (χ1n) is 5.27. The first kappa shape index (κ1) is 11.2. The molecule has 0 fully saturated rings. The molecule has 2 rings (SSSR count). The number of pyridine rings is 1. The Labute approximate surface area is 99.4 Å². The average Bonchev–Trinajstić information content (AvgIpc) is 2.39. The lowest BCUT2D eigenvalue weighted by Crippen LogP contribution is -2.06. The van der Waals surface area contributed by atoms with E-state index in [4.69, 9.17) is 11.2 Å². The van der Waals surface area contributed by atoms with Crippen molar-refractivity contribution in [3.05, 3.63) is 42.2 Å². The van der Waals surface area contributed by atoms with E-state index in [1.807, 2.05) is 36.3 Å². The van der Waals surface area contributed by atoms with Gasteiger partial charge in [0.15, 0.2) is 0 Å². The van der Waals surface area contributed by atoms with Crippen molar-refractivity contribution in [3.63, 3.8) is 0 Å². The Morgan fingerprint density at radius 1 is 1.35 bits per heavy atom. The van der Waals surface area contributed by atoms with Gasteiger partial charge in [0.2, 0.25) is 0 Å². The first-order valence-corrected chi connectivity index (χ1v) is 5.27. The van der Waals surface area contributed by atoms with Gasteiger partial charge in [-0.3, -0.25) is 4.98 Å². The molecule has 0 spiro atoms. The predicted molar refractivity (Wildman–Crippen MR) is 65.2 cm³/mol. The zero-order valence-electron chi connectivity index (χ0n) is 9.22. The van der Waals surface area contributed by atoms with E-state index < -0.39 is 5.97 Å². The van der Waals surface area contributed by atoms with Gasteiger partial charge in [0.25, 0.3) is 0 Å². The van der Waals surface area contributed by atoms with Crippen molar-refractivity contribution in [2.75, 3.05) is 6.61 Å². The molecule has 0 amide bonds. The third-order valence-corrected chi connectivity index (χ3v) is 2.45. The van der Waals surface area contributed by atoms with Crippen molar-refractivity contribution in [3.8, 4) is 12.3 Å². The Balaban J connectivity index is 2.14. The fraction of sp³-hybridized carbons (Fsp3) is 0.143. The molecule has 0 aliphatic carbocycles. The Hall–Kier alpha value is -2.34. The quantitative estimate of drug-likeness (QED) is 0.455. The molecule has 0 aliphatic rings. The molecule has 2 aromatic rings. The largest absolute Gasteiger partial charge is 0.456 e. The third-order valence-electron chi connectivity index (χ3n) is 2.45. The maximum Gasteiger partial charge on any atom is 0.384 e. The zero-order valence-corrected chi connectivity index (χ0v) is 9.22. The molecule has 0 unspecified atom stereocenters. The minimum Gasteiger partial charge on any atom is -0.456 e. The maximum absolute atomic E-state index is 10.8. The van der Waals surface area contributed by atoms with Crippen LogP contribution in [0.15, 0.2) is 36.5 Å². The molecule has 0 bridgehead atoms. The fourth-order valence-electron chi connectivity index (χ4n) is 1.66. The van der Waals surface area contributed by atoms with Crippen LogP contribution in [0.25, 0.3) is 10.8 Å². The van der Waals surface area contributed by atoms with Crippen LogP contribution in [0.3, 0.4) is 0 Å². The summed E-state index contributed by atoms with van der Waals surface area (Å²) in [6, 6.07) is 9.91. The summed E-state index contributed by atoms with van der Waals surface area (Å²) in [7, 11) is 0. The fourth-order valence-corrected chi connectivity index (χ4v) is 1.66. The summed E-state index contributed by atoms with van der Waals surface area (Å²) in [5.74, 6) is 1.27. The minimum atomic E-state index is -0.634. The summed E-state index contributed by atoms with van der Waals surface area (Å²) >= 11 is 0. The van der Waals surface area contributed by atoms with Crippen molar-refractivity contribution in [2.45, 2.75) is 6.42 Å². The van der Waals surface area contributed by atoms with Gasteiger partial charge in [-0.15, -0.1) is 6.42 Å². The lowest BCUT2D eigenvalue weighted by Gasteiger charge is -2.05. The summed E-state index contributed by atoms with van der Waals surface area (Å²) < 4.78 is 4.83. The molecule has 17 heavy (non-hydrogen) atoms. The Morgan fingerprint density at radius 3 is 3.00 bits per heavy atom. The molecular weight excluding hydrogens is 214 g/mol. The lowest BCUT2D eigenvalue weighted by atomic mass is 10.1. The van der Waals surface area contributed by atoms with E-state index in [2.05, 4.69) is 4.98 Å². The molecule has 1 heterocycles. The van der Waals surface area contributed by atoms with E-state index in [9.17, 15) is 4.79 Å². The normalized spacial score (nSPS) is 9.82. The molecule has 0 N–H and O–H groups in total. The number of rotatable bonds is 3. The summed E-state index contributed by atoms with van der Waals surface area (Å²) in [5.41, 5.74) is 0.910. The van der Waals surface area contributed by atoms with Gasteiger partial charge in [0.05, 0.1) is 12.3 Å². The van der Waals surface area contributed by atoms with E-state index in [1.165, 1.54) is 0 Å². The van der Waals surface area contributed by atoms with Crippen LogP contribution >= 0.6 is 0 Å².